The molecule has 0 saturated heterocycles. The van der Waals surface area contributed by atoms with Gasteiger partial charge in [0, 0.05) is 12.2 Å². The van der Waals surface area contributed by atoms with Crippen LogP contribution in [-0.4, -0.2) is 26.4 Å². The topological polar surface area (TPSA) is 64.9 Å². The average Bonchev–Trinajstić information content (AvgIpc) is 2.97. The first-order chi connectivity index (χ1) is 12.5. The summed E-state index contributed by atoms with van der Waals surface area (Å²) in [4.78, 5) is 8.87. The number of hydrogen-bond donors (Lipinski definition) is 1. The summed E-state index contributed by atoms with van der Waals surface area (Å²) in [5.74, 6) is 2.84. The number of benzene rings is 1. The first-order valence-electron chi connectivity index (χ1n) is 8.82. The van der Waals surface area contributed by atoms with E-state index in [1.165, 1.54) is 0 Å². The molecule has 136 valence electrons. The van der Waals surface area contributed by atoms with E-state index >= 15 is 0 Å². The largest absolute Gasteiger partial charge is 0.493 e. The fourth-order valence-corrected chi connectivity index (χ4v) is 2.56. The molecule has 0 unspecified atom stereocenters. The zero-order chi connectivity index (χ0) is 18.5. The number of hydrogen-bond acceptors (Lipinski definition) is 5. The second kappa shape index (κ2) is 7.99. The molecule has 0 aliphatic heterocycles. The highest BCUT2D eigenvalue weighted by molar-refractivity contribution is 5.38. The highest BCUT2D eigenvalue weighted by atomic mass is 16.5. The predicted molar refractivity (Wildman–Crippen MR) is 103 cm³/mol. The lowest BCUT2D eigenvalue weighted by Gasteiger charge is -2.10. The highest BCUT2D eigenvalue weighted by Crippen LogP contribution is 2.15. The van der Waals surface area contributed by atoms with Gasteiger partial charge in [0.15, 0.2) is 5.82 Å². The molecule has 3 rings (SSSR count). The van der Waals surface area contributed by atoms with Crippen LogP contribution in [0.4, 0.5) is 5.82 Å². The van der Waals surface area contributed by atoms with Crippen LogP contribution in [0.3, 0.4) is 0 Å². The zero-order valence-corrected chi connectivity index (χ0v) is 15.7. The van der Waals surface area contributed by atoms with Crippen LogP contribution in [0, 0.1) is 19.8 Å². The molecule has 0 amide bonds. The molecule has 6 heteroatoms. The molecule has 0 bridgehead atoms. The SMILES string of the molecule is Cc1cc(C)n(-c2cncc(NCc3ccc(OCC(C)C)cc3)n2)n1. The van der Waals surface area contributed by atoms with Gasteiger partial charge in [-0.2, -0.15) is 5.10 Å². The Hall–Kier alpha value is -2.89. The minimum absolute atomic E-state index is 0.518. The normalized spacial score (nSPS) is 11.0. The Morgan fingerprint density at radius 2 is 1.88 bits per heavy atom. The van der Waals surface area contributed by atoms with Gasteiger partial charge in [0.25, 0.3) is 0 Å². The number of rotatable bonds is 7. The third-order valence-electron chi connectivity index (χ3n) is 3.83. The maximum Gasteiger partial charge on any atom is 0.174 e. The Kier molecular flexibility index (Phi) is 5.51. The van der Waals surface area contributed by atoms with E-state index in [0.717, 1.165) is 35.1 Å². The van der Waals surface area contributed by atoms with E-state index in [-0.39, 0.29) is 0 Å². The molecule has 0 aliphatic rings. The molecule has 1 aromatic carbocycles. The van der Waals surface area contributed by atoms with E-state index in [1.807, 2.05) is 32.0 Å². The summed E-state index contributed by atoms with van der Waals surface area (Å²) in [5, 5.41) is 7.76. The van der Waals surface area contributed by atoms with Crippen LogP contribution in [0.2, 0.25) is 0 Å². The van der Waals surface area contributed by atoms with Crippen LogP contribution < -0.4 is 10.1 Å². The van der Waals surface area contributed by atoms with Crippen molar-refractivity contribution in [2.75, 3.05) is 11.9 Å². The van der Waals surface area contributed by atoms with Crippen molar-refractivity contribution < 1.29 is 4.74 Å². The second-order valence-corrected chi connectivity index (χ2v) is 6.80. The Labute approximate surface area is 154 Å². The van der Waals surface area contributed by atoms with Crippen LogP contribution in [0.1, 0.15) is 30.8 Å². The van der Waals surface area contributed by atoms with Crippen LogP contribution in [-0.2, 0) is 6.54 Å². The minimum atomic E-state index is 0.518. The minimum Gasteiger partial charge on any atom is -0.493 e. The fourth-order valence-electron chi connectivity index (χ4n) is 2.56. The van der Waals surface area contributed by atoms with Gasteiger partial charge in [-0.1, -0.05) is 26.0 Å². The van der Waals surface area contributed by atoms with Crippen LogP contribution in [0.15, 0.2) is 42.7 Å². The van der Waals surface area contributed by atoms with Crippen molar-refractivity contribution in [3.8, 4) is 11.6 Å². The first-order valence-corrected chi connectivity index (χ1v) is 8.82. The zero-order valence-electron chi connectivity index (χ0n) is 15.7. The second-order valence-electron chi connectivity index (χ2n) is 6.80. The molecule has 3 aromatic rings. The maximum absolute atomic E-state index is 5.71. The number of aryl methyl sites for hydroxylation is 2. The van der Waals surface area contributed by atoms with E-state index in [9.17, 15) is 0 Å². The summed E-state index contributed by atoms with van der Waals surface area (Å²) in [7, 11) is 0. The molecule has 0 saturated carbocycles. The lowest BCUT2D eigenvalue weighted by Crippen LogP contribution is -2.07. The van der Waals surface area contributed by atoms with Crippen molar-refractivity contribution in [3.05, 3.63) is 59.7 Å². The highest BCUT2D eigenvalue weighted by Gasteiger charge is 2.06. The summed E-state index contributed by atoms with van der Waals surface area (Å²) in [6.07, 6.45) is 3.43. The summed E-state index contributed by atoms with van der Waals surface area (Å²) < 4.78 is 7.51. The third-order valence-corrected chi connectivity index (χ3v) is 3.83. The Bertz CT molecular complexity index is 855. The monoisotopic (exact) mass is 351 g/mol. The van der Waals surface area contributed by atoms with Crippen LogP contribution >= 0.6 is 0 Å². The van der Waals surface area contributed by atoms with Gasteiger partial charge < -0.3 is 10.1 Å². The van der Waals surface area contributed by atoms with Gasteiger partial charge in [0.05, 0.1) is 24.7 Å². The number of anilines is 1. The Morgan fingerprint density at radius 1 is 1.12 bits per heavy atom. The van der Waals surface area contributed by atoms with Crippen molar-refractivity contribution in [1.29, 1.82) is 0 Å². The molecule has 26 heavy (non-hydrogen) atoms. The van der Waals surface area contributed by atoms with Crippen molar-refractivity contribution in [2.45, 2.75) is 34.2 Å². The van der Waals surface area contributed by atoms with E-state index < -0.39 is 0 Å². The Balaban J connectivity index is 1.63. The molecule has 0 fully saturated rings. The van der Waals surface area contributed by atoms with Gasteiger partial charge in [-0.15, -0.1) is 0 Å². The van der Waals surface area contributed by atoms with Gasteiger partial charge in [-0.3, -0.25) is 4.98 Å². The number of nitrogens with one attached hydrogen (secondary N) is 1. The molecule has 0 aliphatic carbocycles. The average molecular weight is 351 g/mol. The van der Waals surface area contributed by atoms with E-state index in [2.05, 4.69) is 46.4 Å². The number of aromatic nitrogens is 4. The lowest BCUT2D eigenvalue weighted by molar-refractivity contribution is 0.271. The molecule has 0 spiro atoms. The van der Waals surface area contributed by atoms with Gasteiger partial charge in [-0.25, -0.2) is 9.67 Å². The smallest absolute Gasteiger partial charge is 0.174 e. The van der Waals surface area contributed by atoms with Gasteiger partial charge in [0.1, 0.15) is 11.6 Å². The molecule has 2 heterocycles. The number of ether oxygens (including phenoxy) is 1. The predicted octanol–water partition coefficient (Wildman–Crippen LogP) is 3.93. The molecule has 0 radical (unpaired) electrons. The first kappa shape index (κ1) is 17.9. The molecular weight excluding hydrogens is 326 g/mol. The van der Waals surface area contributed by atoms with Crippen molar-refractivity contribution >= 4 is 5.82 Å². The van der Waals surface area contributed by atoms with Gasteiger partial charge in [0.2, 0.25) is 0 Å². The van der Waals surface area contributed by atoms with E-state index in [4.69, 9.17) is 4.74 Å². The van der Waals surface area contributed by atoms with Crippen molar-refractivity contribution in [1.82, 2.24) is 19.7 Å². The summed E-state index contributed by atoms with van der Waals surface area (Å²) in [5.41, 5.74) is 3.15. The standard InChI is InChI=1S/C20H25N5O/c1-14(2)13-26-18-7-5-17(6-8-18)10-22-19-11-21-12-20(23-19)25-16(4)9-15(3)24-25/h5-9,11-12,14H,10,13H2,1-4H3,(H,22,23). The van der Waals surface area contributed by atoms with Crippen LogP contribution in [0.25, 0.3) is 5.82 Å². The quantitative estimate of drug-likeness (QED) is 0.699. The summed E-state index contributed by atoms with van der Waals surface area (Å²) >= 11 is 0. The molecule has 1 N–H and O–H groups in total. The van der Waals surface area contributed by atoms with E-state index in [0.29, 0.717) is 18.3 Å². The van der Waals surface area contributed by atoms with Gasteiger partial charge in [-0.05, 0) is 43.5 Å². The Morgan fingerprint density at radius 3 is 2.54 bits per heavy atom. The lowest BCUT2D eigenvalue weighted by atomic mass is 10.2. The molecule has 0 atom stereocenters. The molecule has 2 aromatic heterocycles. The van der Waals surface area contributed by atoms with E-state index in [1.54, 1.807) is 17.1 Å². The summed E-state index contributed by atoms with van der Waals surface area (Å²) in [6, 6.07) is 10.1. The number of nitrogens with zero attached hydrogens (tertiary/aromatic N) is 4. The summed E-state index contributed by atoms with van der Waals surface area (Å²) in [6.45, 7) is 9.64. The third kappa shape index (κ3) is 4.59. The molecule has 6 nitrogen and oxygen atoms in total. The van der Waals surface area contributed by atoms with Gasteiger partial charge >= 0.3 is 0 Å². The van der Waals surface area contributed by atoms with Crippen molar-refractivity contribution in [2.24, 2.45) is 5.92 Å². The van der Waals surface area contributed by atoms with Crippen LogP contribution in [0.5, 0.6) is 5.75 Å². The molecular formula is C20H25N5O. The maximum atomic E-state index is 5.71. The van der Waals surface area contributed by atoms with Crippen molar-refractivity contribution in [3.63, 3.8) is 0 Å². The fraction of sp³-hybridized carbons (Fsp3) is 0.350.